The molecule has 1 aromatic heterocycles. The van der Waals surface area contributed by atoms with Gasteiger partial charge in [-0.15, -0.1) is 5.10 Å². The van der Waals surface area contributed by atoms with Crippen LogP contribution in [0.2, 0.25) is 0 Å². The molecule has 162 valence electrons. The van der Waals surface area contributed by atoms with Crippen LogP contribution in [0.1, 0.15) is 29.2 Å². The lowest BCUT2D eigenvalue weighted by Crippen LogP contribution is -2.21. The lowest BCUT2D eigenvalue weighted by molar-refractivity contribution is -0.115. The number of amides is 1. The van der Waals surface area contributed by atoms with Gasteiger partial charge in [0.1, 0.15) is 11.0 Å². The number of hydrogen-bond acceptors (Lipinski definition) is 7. The summed E-state index contributed by atoms with van der Waals surface area (Å²) in [6.07, 6.45) is 2.13. The van der Waals surface area contributed by atoms with E-state index in [4.69, 9.17) is 9.47 Å². The van der Waals surface area contributed by atoms with Gasteiger partial charge in [0.25, 0.3) is 0 Å². The van der Waals surface area contributed by atoms with Crippen LogP contribution in [0.5, 0.6) is 5.75 Å². The smallest absolute Gasteiger partial charge is 0.242 e. The molecule has 8 nitrogen and oxygen atoms in total. The summed E-state index contributed by atoms with van der Waals surface area (Å²) in [5, 5.41) is 15.2. The molecule has 1 N–H and O–H groups in total. The van der Waals surface area contributed by atoms with E-state index in [0.29, 0.717) is 23.1 Å². The van der Waals surface area contributed by atoms with Crippen LogP contribution in [0.3, 0.4) is 0 Å². The van der Waals surface area contributed by atoms with Gasteiger partial charge in [-0.05, 0) is 53.5 Å². The second kappa shape index (κ2) is 9.93. The Morgan fingerprint density at radius 3 is 2.90 bits per heavy atom. The number of aryl methyl sites for hydroxylation is 1. The molecule has 0 radical (unpaired) electrons. The Hall–Kier alpha value is -2.91. The SMILES string of the molecule is COc1ccc(C)cc1NC(=O)[C@@H](Sc1nnnn1C[C@H]1CCCO1)c1ccccc1. The molecule has 1 saturated heterocycles. The van der Waals surface area contributed by atoms with Crippen molar-refractivity contribution in [2.24, 2.45) is 0 Å². The highest BCUT2D eigenvalue weighted by Crippen LogP contribution is 2.36. The fraction of sp³-hybridized carbons (Fsp3) is 0.364. The number of aromatic nitrogens is 4. The van der Waals surface area contributed by atoms with E-state index in [2.05, 4.69) is 20.8 Å². The molecule has 4 rings (SSSR count). The summed E-state index contributed by atoms with van der Waals surface area (Å²) in [6.45, 7) is 3.31. The van der Waals surface area contributed by atoms with Crippen molar-refractivity contribution in [2.45, 2.75) is 42.8 Å². The second-order valence-electron chi connectivity index (χ2n) is 7.38. The van der Waals surface area contributed by atoms with Gasteiger partial charge in [0.15, 0.2) is 0 Å². The van der Waals surface area contributed by atoms with Crippen molar-refractivity contribution < 1.29 is 14.3 Å². The Kier molecular flexibility index (Phi) is 6.83. The molecule has 0 bridgehead atoms. The summed E-state index contributed by atoms with van der Waals surface area (Å²) in [7, 11) is 1.59. The number of nitrogens with zero attached hydrogens (tertiary/aromatic N) is 4. The first kappa shape index (κ1) is 21.3. The second-order valence-corrected chi connectivity index (χ2v) is 8.45. The average molecular weight is 440 g/mol. The number of nitrogens with one attached hydrogen (secondary N) is 1. The normalized spacial score (nSPS) is 16.8. The van der Waals surface area contributed by atoms with Gasteiger partial charge in [-0.3, -0.25) is 4.79 Å². The maximum absolute atomic E-state index is 13.4. The minimum Gasteiger partial charge on any atom is -0.495 e. The number of ether oxygens (including phenoxy) is 2. The Bertz CT molecular complexity index is 1020. The van der Waals surface area contributed by atoms with E-state index in [1.54, 1.807) is 11.8 Å². The molecular formula is C22H25N5O3S. The third-order valence-electron chi connectivity index (χ3n) is 5.08. The van der Waals surface area contributed by atoms with Gasteiger partial charge in [0, 0.05) is 6.61 Å². The molecule has 1 fully saturated rings. The predicted molar refractivity (Wildman–Crippen MR) is 118 cm³/mol. The quantitative estimate of drug-likeness (QED) is 0.536. The first-order chi connectivity index (χ1) is 15.1. The fourth-order valence-electron chi connectivity index (χ4n) is 3.50. The number of rotatable bonds is 8. The van der Waals surface area contributed by atoms with Gasteiger partial charge in [-0.2, -0.15) is 0 Å². The highest BCUT2D eigenvalue weighted by Gasteiger charge is 2.27. The summed E-state index contributed by atoms with van der Waals surface area (Å²) in [6, 6.07) is 15.3. The maximum Gasteiger partial charge on any atom is 0.242 e. The van der Waals surface area contributed by atoms with Crippen molar-refractivity contribution in [1.29, 1.82) is 0 Å². The number of anilines is 1. The molecule has 1 amide bonds. The molecule has 2 aromatic carbocycles. The molecule has 0 spiro atoms. The molecule has 2 heterocycles. The molecule has 1 aliphatic heterocycles. The van der Waals surface area contributed by atoms with E-state index >= 15 is 0 Å². The lowest BCUT2D eigenvalue weighted by atomic mass is 10.1. The zero-order valence-corrected chi connectivity index (χ0v) is 18.3. The number of tetrazole rings is 1. The summed E-state index contributed by atoms with van der Waals surface area (Å²) < 4.78 is 12.8. The zero-order valence-electron chi connectivity index (χ0n) is 17.5. The first-order valence-corrected chi connectivity index (χ1v) is 11.1. The van der Waals surface area contributed by atoms with Crippen molar-refractivity contribution in [2.75, 3.05) is 19.0 Å². The lowest BCUT2D eigenvalue weighted by Gasteiger charge is -2.18. The third kappa shape index (κ3) is 5.23. The number of hydrogen-bond donors (Lipinski definition) is 1. The van der Waals surface area contributed by atoms with Crippen molar-refractivity contribution in [1.82, 2.24) is 20.2 Å². The number of methoxy groups -OCH3 is 1. The van der Waals surface area contributed by atoms with Crippen molar-refractivity contribution in [3.63, 3.8) is 0 Å². The molecule has 1 aliphatic rings. The van der Waals surface area contributed by atoms with Crippen LogP contribution in [-0.2, 0) is 16.1 Å². The Morgan fingerprint density at radius 2 is 2.16 bits per heavy atom. The summed E-state index contributed by atoms with van der Waals surface area (Å²) in [5.41, 5.74) is 2.52. The van der Waals surface area contributed by atoms with Crippen LogP contribution >= 0.6 is 11.8 Å². The fourth-order valence-corrected chi connectivity index (χ4v) is 4.49. The van der Waals surface area contributed by atoms with Crippen LogP contribution in [0.25, 0.3) is 0 Å². The van der Waals surface area contributed by atoms with E-state index in [-0.39, 0.29) is 12.0 Å². The molecule has 0 aliphatic carbocycles. The van der Waals surface area contributed by atoms with Gasteiger partial charge in [-0.25, -0.2) is 4.68 Å². The molecule has 31 heavy (non-hydrogen) atoms. The van der Waals surface area contributed by atoms with E-state index < -0.39 is 5.25 Å². The van der Waals surface area contributed by atoms with Gasteiger partial charge in [-0.1, -0.05) is 48.2 Å². The molecule has 3 aromatic rings. The van der Waals surface area contributed by atoms with Gasteiger partial charge < -0.3 is 14.8 Å². The van der Waals surface area contributed by atoms with Crippen LogP contribution in [-0.4, -0.2) is 45.9 Å². The Labute approximate surface area is 185 Å². The summed E-state index contributed by atoms with van der Waals surface area (Å²) in [4.78, 5) is 13.4. The van der Waals surface area contributed by atoms with E-state index in [9.17, 15) is 4.79 Å². The Balaban J connectivity index is 1.58. The molecule has 2 atom stereocenters. The van der Waals surface area contributed by atoms with Gasteiger partial charge in [0.05, 0.1) is 25.4 Å². The number of benzene rings is 2. The molecule has 0 saturated carbocycles. The van der Waals surface area contributed by atoms with Gasteiger partial charge >= 0.3 is 0 Å². The maximum atomic E-state index is 13.4. The summed E-state index contributed by atoms with van der Waals surface area (Å²) >= 11 is 1.32. The van der Waals surface area contributed by atoms with E-state index in [0.717, 1.165) is 30.6 Å². The predicted octanol–water partition coefficient (Wildman–Crippen LogP) is 3.64. The highest BCUT2D eigenvalue weighted by molar-refractivity contribution is 8.00. The standard InChI is InChI=1S/C22H25N5O3S/c1-15-10-11-19(29-2)18(13-15)23-21(28)20(16-7-4-3-5-8-16)31-22-24-25-26-27(22)14-17-9-6-12-30-17/h3-5,7-8,10-11,13,17,20H,6,9,12,14H2,1-2H3,(H,23,28)/t17-,20+/m1/s1. The third-order valence-corrected chi connectivity index (χ3v) is 6.30. The average Bonchev–Trinajstić information content (AvgIpc) is 3.45. The molecule has 0 unspecified atom stereocenters. The summed E-state index contributed by atoms with van der Waals surface area (Å²) in [5.74, 6) is 0.436. The topological polar surface area (TPSA) is 91.2 Å². The van der Waals surface area contributed by atoms with Crippen LogP contribution in [0.15, 0.2) is 53.7 Å². The first-order valence-electron chi connectivity index (χ1n) is 10.2. The van der Waals surface area contributed by atoms with Crippen LogP contribution in [0.4, 0.5) is 5.69 Å². The van der Waals surface area contributed by atoms with Crippen molar-refractivity contribution >= 4 is 23.4 Å². The van der Waals surface area contributed by atoms with E-state index in [1.165, 1.54) is 11.8 Å². The number of carbonyl (C=O) groups is 1. The minimum absolute atomic E-state index is 0.100. The van der Waals surface area contributed by atoms with Gasteiger partial charge in [0.2, 0.25) is 11.1 Å². The largest absolute Gasteiger partial charge is 0.495 e. The van der Waals surface area contributed by atoms with Crippen LogP contribution in [0, 0.1) is 6.92 Å². The highest BCUT2D eigenvalue weighted by atomic mass is 32.2. The van der Waals surface area contributed by atoms with Crippen molar-refractivity contribution in [3.8, 4) is 5.75 Å². The number of thioether (sulfide) groups is 1. The Morgan fingerprint density at radius 1 is 1.32 bits per heavy atom. The van der Waals surface area contributed by atoms with Crippen molar-refractivity contribution in [3.05, 3.63) is 59.7 Å². The monoisotopic (exact) mass is 439 g/mol. The zero-order chi connectivity index (χ0) is 21.6. The van der Waals surface area contributed by atoms with E-state index in [1.807, 2.05) is 55.5 Å². The number of carbonyl (C=O) groups excluding carboxylic acids is 1. The van der Waals surface area contributed by atoms with Crippen LogP contribution < -0.4 is 10.1 Å². The minimum atomic E-state index is -0.541. The molecular weight excluding hydrogens is 414 g/mol. The molecule has 9 heteroatoms.